The molecule has 350 valence electrons. The molecule has 0 unspecified atom stereocenters. The van der Waals surface area contributed by atoms with Gasteiger partial charge in [-0.3, -0.25) is 0 Å². The van der Waals surface area contributed by atoms with E-state index in [-0.39, 0.29) is 13.4 Å². The lowest BCUT2D eigenvalue weighted by atomic mass is 9.20. The van der Waals surface area contributed by atoms with Gasteiger partial charge in [0, 0.05) is 17.1 Å². The van der Waals surface area contributed by atoms with Crippen molar-refractivity contribution in [1.29, 1.82) is 0 Å². The number of para-hydroxylation sites is 2. The Morgan fingerprint density at radius 2 is 0.671 bits per heavy atom. The van der Waals surface area contributed by atoms with Gasteiger partial charge < -0.3 is 4.90 Å². The Balaban J connectivity index is 1.32. The third-order valence-electron chi connectivity index (χ3n) is 16.0. The Hall–Kier alpha value is -6.09. The van der Waals surface area contributed by atoms with Crippen molar-refractivity contribution in [3.63, 3.8) is 0 Å². The van der Waals surface area contributed by atoms with Crippen molar-refractivity contribution >= 4 is 92.1 Å². The molecule has 0 radical (unpaired) electrons. The molecule has 8 aromatic carbocycles. The van der Waals surface area contributed by atoms with Crippen LogP contribution in [0.25, 0.3) is 0 Å². The van der Waals surface area contributed by atoms with Crippen molar-refractivity contribution < 1.29 is 0 Å². The van der Waals surface area contributed by atoms with Gasteiger partial charge in [0.1, 0.15) is 0 Å². The average Bonchev–Trinajstić information content (AvgIpc) is 3.36. The van der Waals surface area contributed by atoms with Gasteiger partial charge in [0.2, 0.25) is 13.4 Å². The molecule has 0 fully saturated rings. The van der Waals surface area contributed by atoms with Gasteiger partial charge in [0.05, 0.1) is 0 Å². The Labute approximate surface area is 422 Å². The highest BCUT2D eigenvalue weighted by molar-refractivity contribution is 7.21. The van der Waals surface area contributed by atoms with Crippen molar-refractivity contribution in [1.82, 2.24) is 0 Å². The van der Waals surface area contributed by atoms with Gasteiger partial charge in [-0.1, -0.05) is 268 Å². The Morgan fingerprint density at radius 1 is 0.329 bits per heavy atom. The number of anilines is 3. The zero-order valence-corrected chi connectivity index (χ0v) is 44.8. The zero-order valence-electron chi connectivity index (χ0n) is 43.8. The first-order chi connectivity index (χ1) is 33.7. The topological polar surface area (TPSA) is 3.24 Å². The van der Waals surface area contributed by atoms with Crippen LogP contribution in [-0.4, -0.2) is 21.5 Å². The largest absolute Gasteiger partial charge is 0.311 e. The summed E-state index contributed by atoms with van der Waals surface area (Å²) in [5.41, 5.74) is 21.3. The first-order valence-electron chi connectivity index (χ1n) is 26.4. The van der Waals surface area contributed by atoms with Crippen LogP contribution in [-0.2, 0) is 0 Å². The molecule has 2 aliphatic rings. The van der Waals surface area contributed by atoms with Crippen molar-refractivity contribution in [2.75, 3.05) is 4.90 Å². The lowest BCUT2D eigenvalue weighted by Crippen LogP contribution is -2.77. The normalized spacial score (nSPS) is 13.9. The fraction of sp³-hybridized carbons (Fsp3) is 0.273. The van der Waals surface area contributed by atoms with Crippen LogP contribution in [0.15, 0.2) is 176 Å². The number of nitrogens with zero attached hydrogens (tertiary/aromatic N) is 1. The quantitative estimate of drug-likeness (QED) is 0.117. The van der Waals surface area contributed by atoms with Crippen LogP contribution in [0.2, 0.25) is 0 Å². The molecule has 0 spiro atoms. The monoisotopic (exact) mass is 928 g/mol. The summed E-state index contributed by atoms with van der Waals surface area (Å²) in [4.78, 5) is 2.62. The minimum absolute atomic E-state index is 0.0377. The maximum Gasteiger partial charge on any atom is 0.240 e. The Morgan fingerprint density at radius 3 is 1.06 bits per heavy atom. The maximum atomic E-state index is 2.65. The molecule has 2 aliphatic heterocycles. The van der Waals surface area contributed by atoms with Crippen LogP contribution < -0.4 is 58.4 Å². The minimum Gasteiger partial charge on any atom is -0.311 e. The molecule has 0 saturated carbocycles. The van der Waals surface area contributed by atoms with E-state index in [1.54, 1.807) is 0 Å². The van der Waals surface area contributed by atoms with E-state index in [2.05, 4.69) is 264 Å². The lowest BCUT2D eigenvalue weighted by Gasteiger charge is -2.45. The number of rotatable bonds is 11. The van der Waals surface area contributed by atoms with Crippen molar-refractivity contribution in [3.05, 3.63) is 209 Å². The van der Waals surface area contributed by atoms with Gasteiger partial charge in [-0.15, -0.1) is 0 Å². The van der Waals surface area contributed by atoms with Gasteiger partial charge in [0.25, 0.3) is 0 Å². The second kappa shape index (κ2) is 18.9. The highest BCUT2D eigenvalue weighted by Crippen LogP contribution is 2.38. The molecule has 0 atom stereocenters. The summed E-state index contributed by atoms with van der Waals surface area (Å²) in [7, 11) is -2.79. The Kier molecular flexibility index (Phi) is 12.9. The lowest BCUT2D eigenvalue weighted by molar-refractivity contribution is 0.812. The highest BCUT2D eigenvalue weighted by Gasteiger charge is 2.49. The van der Waals surface area contributed by atoms with Crippen LogP contribution in [0.4, 0.5) is 17.1 Å². The van der Waals surface area contributed by atoms with Crippen molar-refractivity contribution in [2.45, 2.75) is 119 Å². The average molecular weight is 928 g/mol. The molecule has 8 aromatic rings. The summed E-state index contributed by atoms with van der Waals surface area (Å²) in [6.07, 6.45) is 0. The highest BCUT2D eigenvalue weighted by atomic mass is 28.3. The van der Waals surface area contributed by atoms with E-state index in [0.29, 0.717) is 35.5 Å². The summed E-state index contributed by atoms with van der Waals surface area (Å²) in [5.74, 6) is 2.30. The van der Waals surface area contributed by atoms with Crippen LogP contribution in [0, 0.1) is 0 Å². The van der Waals surface area contributed by atoms with E-state index >= 15 is 0 Å². The predicted molar refractivity (Wildman–Crippen MR) is 311 cm³/mol. The fourth-order valence-corrected chi connectivity index (χ4v) is 17.7. The molecule has 0 aromatic heterocycles. The number of benzene rings is 8. The van der Waals surface area contributed by atoms with E-state index in [1.807, 2.05) is 0 Å². The van der Waals surface area contributed by atoms with Gasteiger partial charge in [-0.25, -0.2) is 0 Å². The summed E-state index contributed by atoms with van der Waals surface area (Å²) in [5, 5.41) is 5.66. The molecule has 0 N–H and O–H groups in total. The van der Waals surface area contributed by atoms with E-state index in [4.69, 9.17) is 0 Å². The minimum atomic E-state index is -2.79. The third kappa shape index (κ3) is 7.77. The molecule has 70 heavy (non-hydrogen) atoms. The SMILES string of the molecule is CC(C)c1cc(C(C)C)c(B2c3ccccc3B(c3c(C(C)C)cc(C(C)C)cc3C(C)C)c3cc(N4c5ccccc5[Si](c5ccccc5)(c5ccccc5)c5ccccc54)ccc32)c(C(C)C)c1. The molecule has 0 aliphatic carbocycles. The second-order valence-corrected chi connectivity index (χ2v) is 26.0. The van der Waals surface area contributed by atoms with Crippen LogP contribution in [0.5, 0.6) is 0 Å². The zero-order chi connectivity index (χ0) is 49.2. The standard InChI is InChI=1S/C66H71B2NSi/c1-42(2)48-37-53(44(5)6)65(54(38-48)45(7)8)67-57-29-19-20-30-58(57)68(66-55(46(9)10)39-49(43(3)4)40-56(66)47(11)12)60-41-50(35-36-59(60)67)69-61-31-21-23-33-63(61)70(51-25-15-13-16-26-51,52-27-17-14-18-28-52)64-34-24-22-32-62(64)69/h13-47H,1-12H3. The van der Waals surface area contributed by atoms with Crippen LogP contribution in [0.3, 0.4) is 0 Å². The summed E-state index contributed by atoms with van der Waals surface area (Å²) in [6.45, 7) is 28.8. The summed E-state index contributed by atoms with van der Waals surface area (Å²) < 4.78 is 0. The number of fused-ring (bicyclic) bond motifs is 4. The predicted octanol–water partition coefficient (Wildman–Crippen LogP) is 10.9. The Bertz CT molecular complexity index is 3050. The van der Waals surface area contributed by atoms with Crippen LogP contribution >= 0.6 is 0 Å². The molecule has 0 amide bonds. The molecular formula is C66H71B2NSi. The van der Waals surface area contributed by atoms with Gasteiger partial charge in [0.15, 0.2) is 8.07 Å². The number of hydrogen-bond acceptors (Lipinski definition) is 1. The first kappa shape index (κ1) is 47.6. The molecular weight excluding hydrogens is 856 g/mol. The van der Waals surface area contributed by atoms with Gasteiger partial charge in [-0.2, -0.15) is 0 Å². The molecule has 2 heterocycles. The van der Waals surface area contributed by atoms with E-state index < -0.39 is 8.07 Å². The third-order valence-corrected chi connectivity index (χ3v) is 20.9. The first-order valence-corrected chi connectivity index (χ1v) is 28.4. The fourth-order valence-electron chi connectivity index (χ4n) is 12.6. The molecule has 0 saturated heterocycles. The van der Waals surface area contributed by atoms with E-state index in [9.17, 15) is 0 Å². The van der Waals surface area contributed by atoms with Crippen molar-refractivity contribution in [2.24, 2.45) is 0 Å². The van der Waals surface area contributed by atoms with Crippen LogP contribution in [0.1, 0.15) is 152 Å². The molecule has 4 heteroatoms. The maximum absolute atomic E-state index is 2.79. The van der Waals surface area contributed by atoms with E-state index in [1.165, 1.54) is 104 Å². The molecule has 10 rings (SSSR count). The smallest absolute Gasteiger partial charge is 0.240 e. The van der Waals surface area contributed by atoms with Gasteiger partial charge in [-0.05, 0) is 114 Å². The summed E-state index contributed by atoms with van der Waals surface area (Å²) in [6, 6.07) is 69.1. The molecule has 1 nitrogen and oxygen atoms in total. The molecule has 0 bridgehead atoms. The van der Waals surface area contributed by atoms with Gasteiger partial charge >= 0.3 is 0 Å². The second-order valence-electron chi connectivity index (χ2n) is 22.3. The van der Waals surface area contributed by atoms with E-state index in [0.717, 1.165) is 0 Å². The summed E-state index contributed by atoms with van der Waals surface area (Å²) >= 11 is 0. The number of hydrogen-bond donors (Lipinski definition) is 0. The van der Waals surface area contributed by atoms with Crippen molar-refractivity contribution in [3.8, 4) is 0 Å².